The SMILES string of the molecule is C[C@@H](CO)NC(=O)C[C@H]1CC=CCCCC(=O)OC[C@H](C)NC1=O. The Balaban J connectivity index is 2.69. The van der Waals surface area contributed by atoms with Crippen molar-refractivity contribution >= 4 is 17.8 Å². The molecule has 3 atom stereocenters. The van der Waals surface area contributed by atoms with Gasteiger partial charge in [0.15, 0.2) is 0 Å². The molecule has 0 saturated heterocycles. The molecule has 0 spiro atoms. The fraction of sp³-hybridized carbons (Fsp3) is 0.706. The van der Waals surface area contributed by atoms with Gasteiger partial charge in [0.25, 0.3) is 0 Å². The molecular formula is C17H28N2O5. The number of allylic oxidation sites excluding steroid dienone is 2. The van der Waals surface area contributed by atoms with E-state index in [9.17, 15) is 14.4 Å². The van der Waals surface area contributed by atoms with Crippen LogP contribution in [-0.4, -0.2) is 48.2 Å². The fourth-order valence-corrected chi connectivity index (χ4v) is 2.32. The van der Waals surface area contributed by atoms with E-state index in [2.05, 4.69) is 10.6 Å². The second kappa shape index (κ2) is 10.8. The van der Waals surface area contributed by atoms with Crippen molar-refractivity contribution in [3.05, 3.63) is 12.2 Å². The summed E-state index contributed by atoms with van der Waals surface area (Å²) in [5.41, 5.74) is 0. The summed E-state index contributed by atoms with van der Waals surface area (Å²) in [6, 6.07) is -0.655. The minimum absolute atomic E-state index is 0.0486. The number of aliphatic hydroxyl groups excluding tert-OH is 1. The Kier molecular flexibility index (Phi) is 9.07. The van der Waals surface area contributed by atoms with Crippen molar-refractivity contribution in [2.45, 2.75) is 58.0 Å². The molecule has 0 aromatic carbocycles. The third kappa shape index (κ3) is 8.10. The van der Waals surface area contributed by atoms with Crippen LogP contribution >= 0.6 is 0 Å². The van der Waals surface area contributed by atoms with E-state index in [-0.39, 0.29) is 49.5 Å². The van der Waals surface area contributed by atoms with Crippen LogP contribution in [0.2, 0.25) is 0 Å². The van der Waals surface area contributed by atoms with Gasteiger partial charge in [0.1, 0.15) is 6.61 Å². The number of carbonyl (C=O) groups is 3. The maximum atomic E-state index is 12.4. The Hall–Kier alpha value is -1.89. The molecule has 0 aliphatic carbocycles. The molecule has 1 rings (SSSR count). The number of cyclic esters (lactones) is 1. The highest BCUT2D eigenvalue weighted by atomic mass is 16.5. The molecule has 3 N–H and O–H groups in total. The highest BCUT2D eigenvalue weighted by molar-refractivity contribution is 5.86. The van der Waals surface area contributed by atoms with Gasteiger partial charge in [-0.05, 0) is 33.1 Å². The summed E-state index contributed by atoms with van der Waals surface area (Å²) in [6.45, 7) is 3.42. The molecule has 136 valence electrons. The van der Waals surface area contributed by atoms with Crippen molar-refractivity contribution in [3.8, 4) is 0 Å². The Bertz CT molecular complexity index is 464. The minimum atomic E-state index is -0.494. The van der Waals surface area contributed by atoms with E-state index in [1.807, 2.05) is 12.2 Å². The third-order valence-electron chi connectivity index (χ3n) is 3.71. The smallest absolute Gasteiger partial charge is 0.305 e. The van der Waals surface area contributed by atoms with Gasteiger partial charge in [-0.25, -0.2) is 0 Å². The number of aliphatic hydroxyl groups is 1. The Morgan fingerprint density at radius 2 is 2.21 bits per heavy atom. The molecule has 0 aromatic heterocycles. The number of hydrogen-bond donors (Lipinski definition) is 3. The average molecular weight is 340 g/mol. The Morgan fingerprint density at radius 3 is 2.92 bits per heavy atom. The molecule has 0 unspecified atom stereocenters. The van der Waals surface area contributed by atoms with Gasteiger partial charge >= 0.3 is 5.97 Å². The number of nitrogens with one attached hydrogen (secondary N) is 2. The van der Waals surface area contributed by atoms with Crippen molar-refractivity contribution in [1.82, 2.24) is 10.6 Å². The van der Waals surface area contributed by atoms with E-state index >= 15 is 0 Å². The lowest BCUT2D eigenvalue weighted by Crippen LogP contribution is -2.42. The van der Waals surface area contributed by atoms with Gasteiger partial charge in [-0.3, -0.25) is 14.4 Å². The predicted octanol–water partition coefficient (Wildman–Crippen LogP) is 0.668. The summed E-state index contributed by atoms with van der Waals surface area (Å²) < 4.78 is 5.11. The standard InChI is InChI=1S/C17H28N2O5/c1-12(10-20)18-15(21)9-14-7-5-3-4-6-8-16(22)24-11-13(2)19-17(14)23/h3,5,12-14,20H,4,6-11H2,1-2H3,(H,18,21)(H,19,23)/t12-,13-,14+/m0/s1. The molecule has 1 heterocycles. The van der Waals surface area contributed by atoms with Gasteiger partial charge in [-0.2, -0.15) is 0 Å². The number of amides is 2. The highest BCUT2D eigenvalue weighted by Gasteiger charge is 2.23. The van der Waals surface area contributed by atoms with Gasteiger partial charge in [-0.15, -0.1) is 0 Å². The van der Waals surface area contributed by atoms with Crippen LogP contribution in [0.15, 0.2) is 12.2 Å². The first-order chi connectivity index (χ1) is 11.4. The number of rotatable bonds is 4. The van der Waals surface area contributed by atoms with Gasteiger partial charge < -0.3 is 20.5 Å². The second-order valence-electron chi connectivity index (χ2n) is 6.24. The van der Waals surface area contributed by atoms with Crippen molar-refractivity contribution in [2.24, 2.45) is 5.92 Å². The molecule has 0 saturated carbocycles. The minimum Gasteiger partial charge on any atom is -0.464 e. The zero-order valence-corrected chi connectivity index (χ0v) is 14.4. The topological polar surface area (TPSA) is 105 Å². The van der Waals surface area contributed by atoms with E-state index in [0.717, 1.165) is 6.42 Å². The maximum absolute atomic E-state index is 12.4. The van der Waals surface area contributed by atoms with Crippen molar-refractivity contribution in [2.75, 3.05) is 13.2 Å². The zero-order chi connectivity index (χ0) is 17.9. The van der Waals surface area contributed by atoms with E-state index in [0.29, 0.717) is 19.3 Å². The van der Waals surface area contributed by atoms with E-state index in [4.69, 9.17) is 9.84 Å². The van der Waals surface area contributed by atoms with E-state index in [1.165, 1.54) is 0 Å². The van der Waals surface area contributed by atoms with Gasteiger partial charge in [0.2, 0.25) is 11.8 Å². The van der Waals surface area contributed by atoms with Crippen molar-refractivity contribution in [1.29, 1.82) is 0 Å². The molecular weight excluding hydrogens is 312 g/mol. The predicted molar refractivity (Wildman–Crippen MR) is 89.0 cm³/mol. The molecule has 0 aromatic rings. The maximum Gasteiger partial charge on any atom is 0.305 e. The van der Waals surface area contributed by atoms with Crippen LogP contribution in [0.5, 0.6) is 0 Å². The fourth-order valence-electron chi connectivity index (χ4n) is 2.32. The van der Waals surface area contributed by atoms with Gasteiger partial charge in [0.05, 0.1) is 18.6 Å². The summed E-state index contributed by atoms with van der Waals surface area (Å²) >= 11 is 0. The first kappa shape index (κ1) is 20.2. The zero-order valence-electron chi connectivity index (χ0n) is 14.4. The summed E-state index contributed by atoms with van der Waals surface area (Å²) in [4.78, 5) is 35.9. The molecule has 7 nitrogen and oxygen atoms in total. The van der Waals surface area contributed by atoms with Crippen LogP contribution in [0.4, 0.5) is 0 Å². The van der Waals surface area contributed by atoms with Crippen molar-refractivity contribution in [3.63, 3.8) is 0 Å². The van der Waals surface area contributed by atoms with E-state index in [1.54, 1.807) is 13.8 Å². The molecule has 7 heteroatoms. The summed E-state index contributed by atoms with van der Waals surface area (Å²) in [6.07, 6.45) is 6.08. The molecule has 24 heavy (non-hydrogen) atoms. The van der Waals surface area contributed by atoms with E-state index < -0.39 is 5.92 Å². The van der Waals surface area contributed by atoms with Crippen LogP contribution in [-0.2, 0) is 19.1 Å². The Morgan fingerprint density at radius 1 is 1.46 bits per heavy atom. The summed E-state index contributed by atoms with van der Waals surface area (Å²) in [7, 11) is 0. The first-order valence-electron chi connectivity index (χ1n) is 8.43. The molecule has 1 aliphatic heterocycles. The van der Waals surface area contributed by atoms with Crippen LogP contribution in [0.25, 0.3) is 0 Å². The lowest BCUT2D eigenvalue weighted by molar-refractivity contribution is -0.145. The lowest BCUT2D eigenvalue weighted by Gasteiger charge is -2.20. The number of esters is 1. The average Bonchev–Trinajstić information content (AvgIpc) is 2.54. The second-order valence-corrected chi connectivity index (χ2v) is 6.24. The van der Waals surface area contributed by atoms with Gasteiger partial charge in [-0.1, -0.05) is 12.2 Å². The molecule has 0 fully saturated rings. The van der Waals surface area contributed by atoms with Crippen LogP contribution in [0, 0.1) is 5.92 Å². The quantitative estimate of drug-likeness (QED) is 0.515. The van der Waals surface area contributed by atoms with Crippen molar-refractivity contribution < 1.29 is 24.2 Å². The number of carbonyl (C=O) groups excluding carboxylic acids is 3. The summed E-state index contributed by atoms with van der Waals surface area (Å²) in [5, 5.41) is 14.4. The first-order valence-corrected chi connectivity index (χ1v) is 8.43. The number of hydrogen-bond acceptors (Lipinski definition) is 5. The molecule has 1 aliphatic rings. The van der Waals surface area contributed by atoms with Crippen LogP contribution < -0.4 is 10.6 Å². The molecule has 0 radical (unpaired) electrons. The largest absolute Gasteiger partial charge is 0.464 e. The number of ether oxygens (including phenoxy) is 1. The molecule has 2 amide bonds. The monoisotopic (exact) mass is 340 g/mol. The summed E-state index contributed by atoms with van der Waals surface area (Å²) in [5.74, 6) is -1.27. The van der Waals surface area contributed by atoms with Gasteiger partial charge in [0, 0.05) is 18.9 Å². The Labute approximate surface area is 142 Å². The molecule has 0 bridgehead atoms. The van der Waals surface area contributed by atoms with Crippen LogP contribution in [0.3, 0.4) is 0 Å². The normalized spacial score (nSPS) is 24.6. The van der Waals surface area contributed by atoms with Crippen LogP contribution in [0.1, 0.15) is 46.0 Å². The highest BCUT2D eigenvalue weighted by Crippen LogP contribution is 2.12. The third-order valence-corrected chi connectivity index (χ3v) is 3.71. The lowest BCUT2D eigenvalue weighted by atomic mass is 9.98.